The minimum atomic E-state index is -0.0120. The fraction of sp³-hybridized carbons (Fsp3) is 0.583. The molecule has 0 radical (unpaired) electrons. The van der Waals surface area contributed by atoms with Crippen molar-refractivity contribution in [3.05, 3.63) is 24.0 Å². The van der Waals surface area contributed by atoms with Crippen molar-refractivity contribution in [1.29, 1.82) is 0 Å². The largest absolute Gasteiger partial charge is 0.383 e. The summed E-state index contributed by atoms with van der Waals surface area (Å²) in [6, 6.07) is 4.21. The SMILES string of the molecule is COCCNC(=O)N1CCn2cccc2[C@H]1C. The summed E-state index contributed by atoms with van der Waals surface area (Å²) in [4.78, 5) is 13.8. The van der Waals surface area contributed by atoms with Crippen molar-refractivity contribution in [2.24, 2.45) is 0 Å². The molecule has 5 nitrogen and oxygen atoms in total. The molecule has 2 amide bonds. The fourth-order valence-electron chi connectivity index (χ4n) is 2.22. The van der Waals surface area contributed by atoms with Gasteiger partial charge in [-0.15, -0.1) is 0 Å². The second-order valence-electron chi connectivity index (χ2n) is 4.22. The van der Waals surface area contributed by atoms with Crippen LogP contribution >= 0.6 is 0 Å². The first-order valence-corrected chi connectivity index (χ1v) is 5.92. The van der Waals surface area contributed by atoms with Crippen LogP contribution in [0.4, 0.5) is 4.79 Å². The maximum absolute atomic E-state index is 12.0. The van der Waals surface area contributed by atoms with Gasteiger partial charge in [-0.25, -0.2) is 4.79 Å². The second-order valence-corrected chi connectivity index (χ2v) is 4.22. The first kappa shape index (κ1) is 12.0. The van der Waals surface area contributed by atoms with Crippen molar-refractivity contribution < 1.29 is 9.53 Å². The minimum Gasteiger partial charge on any atom is -0.383 e. The van der Waals surface area contributed by atoms with Gasteiger partial charge in [-0.3, -0.25) is 0 Å². The summed E-state index contributed by atoms with van der Waals surface area (Å²) in [6.07, 6.45) is 2.06. The average Bonchev–Trinajstić information content (AvgIpc) is 2.78. The molecule has 0 saturated carbocycles. The Morgan fingerprint density at radius 3 is 3.18 bits per heavy atom. The summed E-state index contributed by atoms with van der Waals surface area (Å²) in [5.41, 5.74) is 1.19. The van der Waals surface area contributed by atoms with Crippen LogP contribution in [0.25, 0.3) is 0 Å². The first-order chi connectivity index (χ1) is 8.24. The van der Waals surface area contributed by atoms with E-state index in [9.17, 15) is 4.79 Å². The van der Waals surface area contributed by atoms with Crippen molar-refractivity contribution in [2.75, 3.05) is 26.8 Å². The van der Waals surface area contributed by atoms with Gasteiger partial charge in [-0.2, -0.15) is 0 Å². The fourth-order valence-corrected chi connectivity index (χ4v) is 2.22. The molecule has 94 valence electrons. The van der Waals surface area contributed by atoms with Gasteiger partial charge < -0.3 is 19.5 Å². The zero-order valence-electron chi connectivity index (χ0n) is 10.3. The van der Waals surface area contributed by atoms with Gasteiger partial charge in [-0.1, -0.05) is 0 Å². The van der Waals surface area contributed by atoms with E-state index < -0.39 is 0 Å². The van der Waals surface area contributed by atoms with E-state index in [2.05, 4.69) is 29.1 Å². The molecule has 1 aliphatic heterocycles. The molecule has 1 aliphatic rings. The Morgan fingerprint density at radius 2 is 2.41 bits per heavy atom. The highest BCUT2D eigenvalue weighted by atomic mass is 16.5. The van der Waals surface area contributed by atoms with Gasteiger partial charge in [0, 0.05) is 38.6 Å². The van der Waals surface area contributed by atoms with Crippen LogP contribution in [0.3, 0.4) is 0 Å². The third kappa shape index (κ3) is 2.44. The van der Waals surface area contributed by atoms with Crippen molar-refractivity contribution >= 4 is 6.03 Å². The number of ether oxygens (including phenoxy) is 1. The molecule has 2 rings (SSSR count). The van der Waals surface area contributed by atoms with Gasteiger partial charge >= 0.3 is 6.03 Å². The van der Waals surface area contributed by atoms with Crippen LogP contribution in [-0.2, 0) is 11.3 Å². The van der Waals surface area contributed by atoms with Crippen LogP contribution in [0.15, 0.2) is 18.3 Å². The molecule has 0 aromatic carbocycles. The van der Waals surface area contributed by atoms with Gasteiger partial charge in [-0.05, 0) is 19.1 Å². The van der Waals surface area contributed by atoms with Gasteiger partial charge in [0.05, 0.1) is 12.6 Å². The second kappa shape index (κ2) is 5.23. The quantitative estimate of drug-likeness (QED) is 0.803. The number of aromatic nitrogens is 1. The monoisotopic (exact) mass is 237 g/mol. The smallest absolute Gasteiger partial charge is 0.318 e. The highest BCUT2D eigenvalue weighted by Gasteiger charge is 2.26. The van der Waals surface area contributed by atoms with Crippen LogP contribution in [0, 0.1) is 0 Å². The lowest BCUT2D eigenvalue weighted by molar-refractivity contribution is 0.154. The Labute approximate surface area is 101 Å². The van der Waals surface area contributed by atoms with Crippen LogP contribution in [-0.4, -0.2) is 42.3 Å². The predicted molar refractivity (Wildman–Crippen MR) is 64.8 cm³/mol. The van der Waals surface area contributed by atoms with E-state index in [4.69, 9.17) is 4.74 Å². The molecule has 0 bridgehead atoms. The molecular weight excluding hydrogens is 218 g/mol. The summed E-state index contributed by atoms with van der Waals surface area (Å²) < 4.78 is 7.11. The van der Waals surface area contributed by atoms with E-state index in [-0.39, 0.29) is 12.1 Å². The number of carbonyl (C=O) groups excluding carboxylic acids is 1. The molecule has 5 heteroatoms. The van der Waals surface area contributed by atoms with E-state index in [0.717, 1.165) is 13.1 Å². The number of methoxy groups -OCH3 is 1. The van der Waals surface area contributed by atoms with Crippen LogP contribution in [0.2, 0.25) is 0 Å². The minimum absolute atomic E-state index is 0.0120. The summed E-state index contributed by atoms with van der Waals surface area (Å²) in [5, 5.41) is 2.86. The summed E-state index contributed by atoms with van der Waals surface area (Å²) in [5.74, 6) is 0. The molecule has 17 heavy (non-hydrogen) atoms. The Hall–Kier alpha value is -1.49. The van der Waals surface area contributed by atoms with Gasteiger partial charge in [0.1, 0.15) is 0 Å². The summed E-state index contributed by atoms with van der Waals surface area (Å²) in [7, 11) is 1.63. The molecule has 0 spiro atoms. The lowest BCUT2D eigenvalue weighted by Gasteiger charge is -2.34. The van der Waals surface area contributed by atoms with Crippen molar-refractivity contribution in [1.82, 2.24) is 14.8 Å². The average molecular weight is 237 g/mol. The van der Waals surface area contributed by atoms with Gasteiger partial charge in [0.15, 0.2) is 0 Å². The topological polar surface area (TPSA) is 46.5 Å². The highest BCUT2D eigenvalue weighted by molar-refractivity contribution is 5.74. The summed E-state index contributed by atoms with van der Waals surface area (Å²) in [6.45, 7) is 4.77. The zero-order chi connectivity index (χ0) is 12.3. The number of urea groups is 1. The number of amides is 2. The number of nitrogens with one attached hydrogen (secondary N) is 1. The predicted octanol–water partition coefficient (Wildman–Crippen LogP) is 1.22. The first-order valence-electron chi connectivity index (χ1n) is 5.92. The molecule has 0 saturated heterocycles. The number of hydrogen-bond donors (Lipinski definition) is 1. The van der Waals surface area contributed by atoms with E-state index >= 15 is 0 Å². The maximum atomic E-state index is 12.0. The van der Waals surface area contributed by atoms with E-state index in [1.807, 2.05) is 11.0 Å². The number of fused-ring (bicyclic) bond motifs is 1. The third-order valence-electron chi connectivity index (χ3n) is 3.19. The highest BCUT2D eigenvalue weighted by Crippen LogP contribution is 2.24. The number of rotatable bonds is 3. The normalized spacial score (nSPS) is 18.9. The third-order valence-corrected chi connectivity index (χ3v) is 3.19. The number of carbonyl (C=O) groups is 1. The van der Waals surface area contributed by atoms with Gasteiger partial charge in [0.25, 0.3) is 0 Å². The maximum Gasteiger partial charge on any atom is 0.318 e. The van der Waals surface area contributed by atoms with Crippen molar-refractivity contribution in [3.63, 3.8) is 0 Å². The standard InChI is InChI=1S/C12H19N3O2/c1-10-11-4-3-6-14(11)7-8-15(10)12(16)13-5-9-17-2/h3-4,6,10H,5,7-9H2,1-2H3,(H,13,16)/t10-/m1/s1. The molecule has 2 heterocycles. The molecule has 1 atom stereocenters. The lowest BCUT2D eigenvalue weighted by atomic mass is 10.1. The summed E-state index contributed by atoms with van der Waals surface area (Å²) >= 11 is 0. The number of hydrogen-bond acceptors (Lipinski definition) is 2. The van der Waals surface area contributed by atoms with Crippen LogP contribution in [0.5, 0.6) is 0 Å². The Morgan fingerprint density at radius 1 is 1.59 bits per heavy atom. The Kier molecular flexibility index (Phi) is 3.68. The lowest BCUT2D eigenvalue weighted by Crippen LogP contribution is -2.46. The molecule has 1 N–H and O–H groups in total. The van der Waals surface area contributed by atoms with Crippen LogP contribution < -0.4 is 5.32 Å². The molecule has 0 unspecified atom stereocenters. The van der Waals surface area contributed by atoms with Crippen molar-refractivity contribution in [3.8, 4) is 0 Å². The molecule has 0 fully saturated rings. The zero-order valence-corrected chi connectivity index (χ0v) is 10.3. The Bertz CT molecular complexity index is 389. The van der Waals surface area contributed by atoms with E-state index in [1.54, 1.807) is 7.11 Å². The molecule has 1 aromatic rings. The van der Waals surface area contributed by atoms with Gasteiger partial charge in [0.2, 0.25) is 0 Å². The van der Waals surface area contributed by atoms with Crippen LogP contribution in [0.1, 0.15) is 18.7 Å². The molecule has 1 aromatic heterocycles. The van der Waals surface area contributed by atoms with E-state index in [1.165, 1.54) is 5.69 Å². The van der Waals surface area contributed by atoms with E-state index in [0.29, 0.717) is 13.2 Å². The molecule has 0 aliphatic carbocycles. The number of nitrogens with zero attached hydrogens (tertiary/aromatic N) is 2. The van der Waals surface area contributed by atoms with Crippen molar-refractivity contribution in [2.45, 2.75) is 19.5 Å². The molecular formula is C12H19N3O2. The Balaban J connectivity index is 1.97.